The number of aliphatic imine (C=N–C) groups is 1. The van der Waals surface area contributed by atoms with Crippen LogP contribution in [0.5, 0.6) is 0 Å². The van der Waals surface area contributed by atoms with Crippen LogP contribution in [-0.4, -0.2) is 48.9 Å². The molecule has 0 unspecified atom stereocenters. The Hall–Kier alpha value is -3.49. The van der Waals surface area contributed by atoms with Crippen molar-refractivity contribution >= 4 is 23.3 Å². The number of halogens is 2. The molecule has 0 saturated carbocycles. The first-order chi connectivity index (χ1) is 15.3. The molecule has 32 heavy (non-hydrogen) atoms. The van der Waals surface area contributed by atoms with Crippen LogP contribution in [0.1, 0.15) is 36.2 Å². The highest BCUT2D eigenvalue weighted by atomic mass is 19.1. The van der Waals surface area contributed by atoms with Gasteiger partial charge in [-0.05, 0) is 47.7 Å². The second kappa shape index (κ2) is 10.2. The lowest BCUT2D eigenvalue weighted by atomic mass is 9.88. The summed E-state index contributed by atoms with van der Waals surface area (Å²) in [6.45, 7) is 5.73. The molecule has 9 heteroatoms. The van der Waals surface area contributed by atoms with Crippen LogP contribution in [0.25, 0.3) is 5.57 Å². The summed E-state index contributed by atoms with van der Waals surface area (Å²) in [5, 5.41) is 10.5. The van der Waals surface area contributed by atoms with Gasteiger partial charge >= 0.3 is 0 Å². The van der Waals surface area contributed by atoms with E-state index in [1.165, 1.54) is 5.57 Å². The molecule has 0 aliphatic carbocycles. The Kier molecular flexibility index (Phi) is 7.40. The summed E-state index contributed by atoms with van der Waals surface area (Å²) in [5.74, 6) is -1.15. The standard InChI is InChI=1S/C23H26F2N6O/c1-14(2)17-9-10-31(23(26-3)30-27-4)13-19(17)15-5-8-21(28-12-15)29-22(32)18-7-6-16(24)11-20(18)25/h5-8,11-12,14H,9-10,13H2,1-4H3,(H,28,29,32). The summed E-state index contributed by atoms with van der Waals surface area (Å²) in [6, 6.07) is 6.35. The van der Waals surface area contributed by atoms with E-state index in [4.69, 9.17) is 0 Å². The summed E-state index contributed by atoms with van der Waals surface area (Å²) in [5.41, 5.74) is 3.14. The van der Waals surface area contributed by atoms with Crippen molar-refractivity contribution in [2.75, 3.05) is 32.5 Å². The molecule has 2 heterocycles. The van der Waals surface area contributed by atoms with Crippen molar-refractivity contribution in [3.05, 3.63) is 64.9 Å². The van der Waals surface area contributed by atoms with E-state index < -0.39 is 17.5 Å². The molecule has 0 spiro atoms. The second-order valence-electron chi connectivity index (χ2n) is 7.66. The Morgan fingerprint density at radius 1 is 1.19 bits per heavy atom. The van der Waals surface area contributed by atoms with E-state index in [0.29, 0.717) is 24.5 Å². The third kappa shape index (κ3) is 5.22. The predicted octanol–water partition coefficient (Wildman–Crippen LogP) is 4.80. The Bertz CT molecular complexity index is 1080. The summed E-state index contributed by atoms with van der Waals surface area (Å²) in [7, 11) is 3.30. The van der Waals surface area contributed by atoms with Gasteiger partial charge in [0.15, 0.2) is 0 Å². The summed E-state index contributed by atoms with van der Waals surface area (Å²) < 4.78 is 26.9. The van der Waals surface area contributed by atoms with Gasteiger partial charge in [0.25, 0.3) is 5.91 Å². The molecule has 7 nitrogen and oxygen atoms in total. The van der Waals surface area contributed by atoms with Crippen LogP contribution < -0.4 is 5.32 Å². The van der Waals surface area contributed by atoms with E-state index >= 15 is 0 Å². The van der Waals surface area contributed by atoms with E-state index in [-0.39, 0.29) is 11.4 Å². The van der Waals surface area contributed by atoms with E-state index in [1.54, 1.807) is 26.4 Å². The number of carbonyl (C=O) groups excluding carboxylic acids is 1. The number of pyridine rings is 1. The number of benzene rings is 1. The zero-order valence-electron chi connectivity index (χ0n) is 18.6. The first-order valence-corrected chi connectivity index (χ1v) is 10.3. The third-order valence-corrected chi connectivity index (χ3v) is 5.29. The monoisotopic (exact) mass is 440 g/mol. The van der Waals surface area contributed by atoms with Gasteiger partial charge in [0, 0.05) is 39.4 Å². The number of anilines is 1. The van der Waals surface area contributed by atoms with Gasteiger partial charge in [-0.3, -0.25) is 9.79 Å². The third-order valence-electron chi connectivity index (χ3n) is 5.29. The molecule has 0 saturated heterocycles. The van der Waals surface area contributed by atoms with Crippen molar-refractivity contribution < 1.29 is 13.6 Å². The van der Waals surface area contributed by atoms with Crippen molar-refractivity contribution in [3.8, 4) is 0 Å². The average Bonchev–Trinajstić information content (AvgIpc) is 2.77. The summed E-state index contributed by atoms with van der Waals surface area (Å²) in [4.78, 5) is 23.0. The molecule has 1 aliphatic rings. The lowest BCUT2D eigenvalue weighted by Crippen LogP contribution is -2.36. The second-order valence-corrected chi connectivity index (χ2v) is 7.66. The molecule has 0 atom stereocenters. The fourth-order valence-corrected chi connectivity index (χ4v) is 3.70. The number of hydrogen-bond donors (Lipinski definition) is 1. The molecular formula is C23H26F2N6O. The zero-order chi connectivity index (χ0) is 23.3. The van der Waals surface area contributed by atoms with Gasteiger partial charge in [-0.15, -0.1) is 5.11 Å². The topological polar surface area (TPSA) is 82.3 Å². The molecule has 1 aromatic carbocycles. The SMILES string of the molecule is CN=NC(=NC)N1CCC(C(C)C)=C(c2ccc(NC(=O)c3ccc(F)cc3F)nc2)C1. The fraction of sp³-hybridized carbons (Fsp3) is 0.348. The molecule has 1 amide bonds. The van der Waals surface area contributed by atoms with Gasteiger partial charge in [-0.25, -0.2) is 13.8 Å². The lowest BCUT2D eigenvalue weighted by Gasteiger charge is -2.33. The minimum Gasteiger partial charge on any atom is -0.335 e. The first-order valence-electron chi connectivity index (χ1n) is 10.3. The van der Waals surface area contributed by atoms with E-state index in [9.17, 15) is 13.6 Å². The van der Waals surface area contributed by atoms with Crippen molar-refractivity contribution in [3.63, 3.8) is 0 Å². The van der Waals surface area contributed by atoms with Crippen LogP contribution >= 0.6 is 0 Å². The normalized spacial score (nSPS) is 15.1. The first kappa shape index (κ1) is 23.2. The number of nitrogens with one attached hydrogen (secondary N) is 1. The number of hydrogen-bond acceptors (Lipinski definition) is 4. The molecular weight excluding hydrogens is 414 g/mol. The highest BCUT2D eigenvalue weighted by Crippen LogP contribution is 2.31. The highest BCUT2D eigenvalue weighted by Gasteiger charge is 2.24. The number of rotatable bonds is 4. The van der Waals surface area contributed by atoms with E-state index in [1.807, 2.05) is 6.07 Å². The molecule has 168 valence electrons. The van der Waals surface area contributed by atoms with Gasteiger partial charge in [0.2, 0.25) is 5.96 Å². The van der Waals surface area contributed by atoms with E-state index in [0.717, 1.165) is 36.2 Å². The van der Waals surface area contributed by atoms with Gasteiger partial charge in [0.05, 0.1) is 5.56 Å². The van der Waals surface area contributed by atoms with Crippen LogP contribution in [0.2, 0.25) is 0 Å². The molecule has 1 aromatic heterocycles. The van der Waals surface area contributed by atoms with Crippen LogP contribution in [0, 0.1) is 17.6 Å². The maximum Gasteiger partial charge on any atom is 0.259 e. The summed E-state index contributed by atoms with van der Waals surface area (Å²) in [6.07, 6.45) is 2.55. The van der Waals surface area contributed by atoms with Crippen molar-refractivity contribution in [1.82, 2.24) is 9.88 Å². The number of guanidine groups is 1. The van der Waals surface area contributed by atoms with Crippen molar-refractivity contribution in [1.29, 1.82) is 0 Å². The number of azo groups is 1. The molecule has 1 aliphatic heterocycles. The number of nitrogens with zero attached hydrogens (tertiary/aromatic N) is 5. The van der Waals surface area contributed by atoms with Gasteiger partial charge in [-0.1, -0.05) is 19.4 Å². The lowest BCUT2D eigenvalue weighted by molar-refractivity contribution is 0.102. The molecule has 3 rings (SSSR count). The zero-order valence-corrected chi connectivity index (χ0v) is 18.6. The minimum atomic E-state index is -0.925. The number of amides is 1. The minimum absolute atomic E-state index is 0.249. The number of aromatic nitrogens is 1. The maximum atomic E-state index is 13.9. The van der Waals surface area contributed by atoms with Gasteiger partial charge in [0.1, 0.15) is 17.5 Å². The van der Waals surface area contributed by atoms with Crippen LogP contribution in [0.4, 0.5) is 14.6 Å². The summed E-state index contributed by atoms with van der Waals surface area (Å²) >= 11 is 0. The Balaban J connectivity index is 1.83. The molecule has 2 aromatic rings. The van der Waals surface area contributed by atoms with Crippen LogP contribution in [0.15, 0.2) is 57.3 Å². The van der Waals surface area contributed by atoms with Crippen molar-refractivity contribution in [2.45, 2.75) is 20.3 Å². The maximum absolute atomic E-state index is 13.9. The average molecular weight is 440 g/mol. The predicted molar refractivity (Wildman–Crippen MR) is 121 cm³/mol. The molecule has 0 bridgehead atoms. The Morgan fingerprint density at radius 2 is 1.97 bits per heavy atom. The Labute approximate surface area is 186 Å². The molecule has 1 N–H and O–H groups in total. The number of carbonyl (C=O) groups is 1. The van der Waals surface area contributed by atoms with Crippen molar-refractivity contribution in [2.24, 2.45) is 21.1 Å². The Morgan fingerprint density at radius 3 is 2.56 bits per heavy atom. The quantitative estimate of drug-likeness (QED) is 0.421. The van der Waals surface area contributed by atoms with Crippen LogP contribution in [0.3, 0.4) is 0 Å². The van der Waals surface area contributed by atoms with Gasteiger partial charge in [-0.2, -0.15) is 5.11 Å². The largest absolute Gasteiger partial charge is 0.335 e. The van der Waals surface area contributed by atoms with E-state index in [2.05, 4.69) is 44.3 Å². The fourth-order valence-electron chi connectivity index (χ4n) is 3.70. The highest BCUT2D eigenvalue weighted by molar-refractivity contribution is 6.04. The molecule has 0 fully saturated rings. The van der Waals surface area contributed by atoms with Gasteiger partial charge < -0.3 is 10.2 Å². The smallest absolute Gasteiger partial charge is 0.259 e. The molecule has 0 radical (unpaired) electrons. The van der Waals surface area contributed by atoms with Crippen LogP contribution in [-0.2, 0) is 0 Å².